The Labute approximate surface area is 186 Å². The third kappa shape index (κ3) is 4.63. The fraction of sp³-hybridized carbons (Fsp3) is 0.350. The van der Waals surface area contributed by atoms with Crippen LogP contribution in [0.3, 0.4) is 0 Å². The van der Waals surface area contributed by atoms with Gasteiger partial charge in [-0.1, -0.05) is 58.6 Å². The van der Waals surface area contributed by atoms with E-state index in [0.29, 0.717) is 34.6 Å². The third-order valence-corrected chi connectivity index (χ3v) is 6.82. The Morgan fingerprint density at radius 2 is 2.06 bits per heavy atom. The highest BCUT2D eigenvalue weighted by molar-refractivity contribution is 8.00. The molecular weight excluding hydrogens is 436 g/mol. The van der Waals surface area contributed by atoms with Crippen LogP contribution >= 0.6 is 23.1 Å². The van der Waals surface area contributed by atoms with Crippen molar-refractivity contribution >= 4 is 28.2 Å². The number of rotatable bonds is 8. The zero-order valence-corrected chi connectivity index (χ0v) is 18.4. The summed E-state index contributed by atoms with van der Waals surface area (Å²) < 4.78 is 17.7. The van der Waals surface area contributed by atoms with Crippen molar-refractivity contribution in [2.75, 3.05) is 18.5 Å². The Morgan fingerprint density at radius 3 is 2.90 bits per heavy atom. The maximum absolute atomic E-state index is 5.90. The van der Waals surface area contributed by atoms with E-state index in [-0.39, 0.29) is 6.10 Å². The van der Waals surface area contributed by atoms with E-state index in [9.17, 15) is 0 Å². The first-order valence-corrected chi connectivity index (χ1v) is 11.7. The molecule has 31 heavy (non-hydrogen) atoms. The molecule has 4 heterocycles. The average molecular weight is 457 g/mol. The summed E-state index contributed by atoms with van der Waals surface area (Å²) in [6.45, 7) is 3.44. The van der Waals surface area contributed by atoms with Gasteiger partial charge in [0.15, 0.2) is 4.34 Å². The summed E-state index contributed by atoms with van der Waals surface area (Å²) >= 11 is 3.01. The highest BCUT2D eigenvalue weighted by Crippen LogP contribution is 2.34. The SMILES string of the molecule is Cc1onc(-c2ccccc2)c1-c1nnc(CSc2nnc(NCC3CCCO3)s2)o1. The summed E-state index contributed by atoms with van der Waals surface area (Å²) in [5.74, 6) is 2.03. The molecule has 1 aliphatic heterocycles. The van der Waals surface area contributed by atoms with Crippen molar-refractivity contribution in [1.82, 2.24) is 25.6 Å². The van der Waals surface area contributed by atoms with Crippen molar-refractivity contribution in [2.45, 2.75) is 36.0 Å². The lowest BCUT2D eigenvalue weighted by molar-refractivity contribution is 0.120. The van der Waals surface area contributed by atoms with Crippen LogP contribution in [0.1, 0.15) is 24.5 Å². The smallest absolute Gasteiger partial charge is 0.253 e. The molecular formula is C20H20N6O3S2. The number of anilines is 1. The molecule has 0 bridgehead atoms. The summed E-state index contributed by atoms with van der Waals surface area (Å²) in [4.78, 5) is 0. The summed E-state index contributed by atoms with van der Waals surface area (Å²) in [7, 11) is 0. The van der Waals surface area contributed by atoms with Crippen molar-refractivity contribution in [1.29, 1.82) is 0 Å². The number of hydrogen-bond donors (Lipinski definition) is 1. The van der Waals surface area contributed by atoms with Gasteiger partial charge in [0.1, 0.15) is 17.0 Å². The second-order valence-corrected chi connectivity index (χ2v) is 9.21. The van der Waals surface area contributed by atoms with Gasteiger partial charge in [-0.05, 0) is 19.8 Å². The highest BCUT2D eigenvalue weighted by atomic mass is 32.2. The Balaban J connectivity index is 1.23. The van der Waals surface area contributed by atoms with E-state index < -0.39 is 0 Å². The molecule has 1 unspecified atom stereocenters. The number of ether oxygens (including phenoxy) is 1. The maximum Gasteiger partial charge on any atom is 0.253 e. The molecule has 3 aromatic heterocycles. The van der Waals surface area contributed by atoms with Gasteiger partial charge < -0.3 is 19.0 Å². The van der Waals surface area contributed by atoms with Crippen molar-refractivity contribution < 1.29 is 13.7 Å². The molecule has 0 amide bonds. The molecule has 1 atom stereocenters. The van der Waals surface area contributed by atoms with Gasteiger partial charge in [-0.25, -0.2) is 0 Å². The van der Waals surface area contributed by atoms with Gasteiger partial charge in [-0.15, -0.1) is 20.4 Å². The van der Waals surface area contributed by atoms with Crippen LogP contribution in [0.25, 0.3) is 22.7 Å². The van der Waals surface area contributed by atoms with Crippen LogP contribution in [-0.4, -0.2) is 44.8 Å². The molecule has 1 N–H and O–H groups in total. The normalized spacial score (nSPS) is 16.1. The summed E-state index contributed by atoms with van der Waals surface area (Å²) in [6.07, 6.45) is 2.47. The number of hydrogen-bond acceptors (Lipinski definition) is 11. The van der Waals surface area contributed by atoms with Crippen LogP contribution in [0.4, 0.5) is 5.13 Å². The lowest BCUT2D eigenvalue weighted by Gasteiger charge is -2.08. The summed E-state index contributed by atoms with van der Waals surface area (Å²) in [6, 6.07) is 9.78. The van der Waals surface area contributed by atoms with Crippen LogP contribution in [-0.2, 0) is 10.5 Å². The zero-order valence-electron chi connectivity index (χ0n) is 16.8. The van der Waals surface area contributed by atoms with Gasteiger partial charge in [-0.3, -0.25) is 0 Å². The minimum absolute atomic E-state index is 0.262. The number of benzene rings is 1. The van der Waals surface area contributed by atoms with E-state index in [1.165, 1.54) is 23.1 Å². The Bertz CT molecular complexity index is 1140. The first-order chi connectivity index (χ1) is 15.3. The van der Waals surface area contributed by atoms with E-state index in [2.05, 4.69) is 30.9 Å². The molecule has 0 spiro atoms. The standard InChI is InChI=1S/C20H20N6O3S2/c1-12-16(17(26-29-12)13-6-3-2-4-7-13)18-23-22-15(28-18)11-30-20-25-24-19(31-20)21-10-14-8-5-9-27-14/h2-4,6-7,14H,5,8-11H2,1H3,(H,21,24). The fourth-order valence-electron chi connectivity index (χ4n) is 3.30. The van der Waals surface area contributed by atoms with E-state index in [1.807, 2.05) is 37.3 Å². The second kappa shape index (κ2) is 9.16. The van der Waals surface area contributed by atoms with E-state index in [0.717, 1.165) is 41.0 Å². The van der Waals surface area contributed by atoms with Gasteiger partial charge in [0.05, 0.1) is 11.9 Å². The molecule has 0 saturated carbocycles. The molecule has 5 rings (SSSR count). The Kier molecular flexibility index (Phi) is 5.96. The van der Waals surface area contributed by atoms with E-state index >= 15 is 0 Å². The first kappa shape index (κ1) is 20.2. The third-order valence-electron chi connectivity index (χ3n) is 4.82. The topological polar surface area (TPSA) is 112 Å². The highest BCUT2D eigenvalue weighted by Gasteiger charge is 2.22. The lowest BCUT2D eigenvalue weighted by atomic mass is 10.1. The summed E-state index contributed by atoms with van der Waals surface area (Å²) in [5, 5.41) is 25.0. The van der Waals surface area contributed by atoms with E-state index in [1.54, 1.807) is 0 Å². The molecule has 1 aliphatic rings. The quantitative estimate of drug-likeness (QED) is 0.382. The van der Waals surface area contributed by atoms with Crippen molar-refractivity contribution in [3.8, 4) is 22.7 Å². The molecule has 0 aliphatic carbocycles. The average Bonchev–Trinajstić information content (AvgIpc) is 3.59. The van der Waals surface area contributed by atoms with Gasteiger partial charge >= 0.3 is 0 Å². The van der Waals surface area contributed by atoms with Gasteiger partial charge in [0, 0.05) is 18.7 Å². The molecule has 1 aromatic carbocycles. The minimum atomic E-state index is 0.262. The van der Waals surface area contributed by atoms with Crippen LogP contribution in [0, 0.1) is 6.92 Å². The second-order valence-electron chi connectivity index (χ2n) is 7.01. The largest absolute Gasteiger partial charge is 0.420 e. The summed E-state index contributed by atoms with van der Waals surface area (Å²) in [5.41, 5.74) is 2.33. The predicted molar refractivity (Wildman–Crippen MR) is 117 cm³/mol. The number of thioether (sulfide) groups is 1. The molecule has 1 fully saturated rings. The van der Waals surface area contributed by atoms with Gasteiger partial charge in [0.2, 0.25) is 11.0 Å². The Hall–Kier alpha value is -2.76. The molecule has 1 saturated heterocycles. The number of nitrogens with zero attached hydrogens (tertiary/aromatic N) is 5. The predicted octanol–water partition coefficient (Wildman–Crippen LogP) is 4.43. The number of nitrogens with one attached hydrogen (secondary N) is 1. The van der Waals surface area contributed by atoms with E-state index in [4.69, 9.17) is 13.7 Å². The zero-order chi connectivity index (χ0) is 21.0. The maximum atomic E-state index is 5.90. The molecule has 160 valence electrons. The molecule has 9 nitrogen and oxygen atoms in total. The minimum Gasteiger partial charge on any atom is -0.420 e. The van der Waals surface area contributed by atoms with Crippen LogP contribution in [0.15, 0.2) is 43.6 Å². The van der Waals surface area contributed by atoms with Crippen LogP contribution in [0.5, 0.6) is 0 Å². The lowest BCUT2D eigenvalue weighted by Crippen LogP contribution is -2.18. The first-order valence-electron chi connectivity index (χ1n) is 9.92. The van der Waals surface area contributed by atoms with Gasteiger partial charge in [0.25, 0.3) is 5.89 Å². The number of aromatic nitrogens is 5. The Morgan fingerprint density at radius 1 is 1.16 bits per heavy atom. The molecule has 0 radical (unpaired) electrons. The van der Waals surface area contributed by atoms with Crippen molar-refractivity contribution in [3.63, 3.8) is 0 Å². The number of aryl methyl sites for hydroxylation is 1. The van der Waals surface area contributed by atoms with Crippen molar-refractivity contribution in [3.05, 3.63) is 42.0 Å². The monoisotopic (exact) mass is 456 g/mol. The molecule has 11 heteroatoms. The molecule has 4 aromatic rings. The van der Waals surface area contributed by atoms with Crippen molar-refractivity contribution in [2.24, 2.45) is 0 Å². The fourth-order valence-corrected chi connectivity index (χ4v) is 4.90. The van der Waals surface area contributed by atoms with Crippen LogP contribution < -0.4 is 5.32 Å². The van der Waals surface area contributed by atoms with Crippen LogP contribution in [0.2, 0.25) is 0 Å². The van der Waals surface area contributed by atoms with Gasteiger partial charge in [-0.2, -0.15) is 0 Å².